The van der Waals surface area contributed by atoms with Crippen molar-refractivity contribution in [3.05, 3.63) is 30.1 Å². The smallest absolute Gasteiger partial charge is 0.348 e. The number of alkyl halides is 3. The minimum absolute atomic E-state index is 0.778. The maximum Gasteiger partial charge on any atom is 0.492 e. The second kappa shape index (κ2) is 4.90. The lowest BCUT2D eigenvalue weighted by molar-refractivity contribution is -0.203. The summed E-state index contributed by atoms with van der Waals surface area (Å²) in [7, 11) is -4.71. The quantitative estimate of drug-likeness (QED) is 0.668. The minimum Gasteiger partial charge on any atom is -0.348 e. The number of hydrogen-bond donors (Lipinski definition) is 1. The van der Waals surface area contributed by atoms with Crippen LogP contribution in [0.15, 0.2) is 29.2 Å². The summed E-state index contributed by atoms with van der Waals surface area (Å²) in [5.41, 5.74) is 0. The monoisotopic (exact) mass is 287 g/mol. The zero-order valence-electron chi connectivity index (χ0n) is 8.36. The van der Waals surface area contributed by atoms with Crippen molar-refractivity contribution in [3.8, 4) is 0 Å². The first-order valence-electron chi connectivity index (χ1n) is 4.19. The highest BCUT2D eigenvalue weighted by Crippen LogP contribution is 2.17. The average molecular weight is 287 g/mol. The molecule has 0 amide bonds. The molecule has 10 heteroatoms. The van der Waals surface area contributed by atoms with Crippen molar-refractivity contribution in [1.82, 2.24) is 4.89 Å². The van der Waals surface area contributed by atoms with E-state index in [0.29, 0.717) is 0 Å². The molecule has 0 aliphatic carbocycles. The maximum absolute atomic E-state index is 13.1. The number of nitrogens with one attached hydrogen (secondary N) is 1. The first-order chi connectivity index (χ1) is 8.14. The number of benzene rings is 1. The Balaban J connectivity index is 2.85. The van der Waals surface area contributed by atoms with Crippen LogP contribution in [0, 0.1) is 5.82 Å². The van der Waals surface area contributed by atoms with Crippen molar-refractivity contribution in [2.24, 2.45) is 0 Å². The standard InChI is InChI=1S/C8H5F4NO4S/c9-5-3-1-2-4-6(5)18(15,16)13-17-7(14)8(10,11)12/h1-4,13H. The van der Waals surface area contributed by atoms with E-state index in [4.69, 9.17) is 0 Å². The minimum atomic E-state index is -5.36. The molecule has 1 N–H and O–H groups in total. The fraction of sp³-hybridized carbons (Fsp3) is 0.125. The highest BCUT2D eigenvalue weighted by atomic mass is 32.2. The Morgan fingerprint density at radius 1 is 1.22 bits per heavy atom. The lowest BCUT2D eigenvalue weighted by atomic mass is 10.4. The molecule has 0 saturated heterocycles. The van der Waals surface area contributed by atoms with Gasteiger partial charge in [-0.3, -0.25) is 0 Å². The van der Waals surface area contributed by atoms with E-state index >= 15 is 0 Å². The fourth-order valence-electron chi connectivity index (χ4n) is 0.858. The van der Waals surface area contributed by atoms with Crippen LogP contribution in [0.2, 0.25) is 0 Å². The predicted molar refractivity (Wildman–Crippen MR) is 48.9 cm³/mol. The largest absolute Gasteiger partial charge is 0.492 e. The van der Waals surface area contributed by atoms with Gasteiger partial charge in [-0.1, -0.05) is 12.1 Å². The highest BCUT2D eigenvalue weighted by Gasteiger charge is 2.42. The molecule has 100 valence electrons. The van der Waals surface area contributed by atoms with Gasteiger partial charge in [0, 0.05) is 0 Å². The third-order valence-electron chi connectivity index (χ3n) is 1.60. The molecule has 0 aromatic heterocycles. The molecule has 0 fully saturated rings. The number of rotatable bonds is 3. The van der Waals surface area contributed by atoms with Gasteiger partial charge in [0.2, 0.25) is 0 Å². The summed E-state index contributed by atoms with van der Waals surface area (Å²) in [6.45, 7) is 0. The number of carbonyl (C=O) groups is 1. The molecule has 0 heterocycles. The van der Waals surface area contributed by atoms with Gasteiger partial charge in [0.1, 0.15) is 10.7 Å². The molecule has 0 spiro atoms. The Morgan fingerprint density at radius 2 is 1.78 bits per heavy atom. The molecule has 0 bridgehead atoms. The van der Waals surface area contributed by atoms with Crippen molar-refractivity contribution in [3.63, 3.8) is 0 Å². The van der Waals surface area contributed by atoms with Crippen molar-refractivity contribution in [2.45, 2.75) is 11.1 Å². The van der Waals surface area contributed by atoms with Crippen LogP contribution in [-0.2, 0) is 19.7 Å². The van der Waals surface area contributed by atoms with Crippen molar-refractivity contribution in [1.29, 1.82) is 0 Å². The van der Waals surface area contributed by atoms with Crippen LogP contribution in [0.1, 0.15) is 0 Å². The van der Waals surface area contributed by atoms with Crippen LogP contribution in [0.5, 0.6) is 0 Å². The second-order valence-corrected chi connectivity index (χ2v) is 4.52. The topological polar surface area (TPSA) is 72.5 Å². The molecule has 0 aliphatic heterocycles. The van der Waals surface area contributed by atoms with Crippen LogP contribution in [0.3, 0.4) is 0 Å². The molecule has 0 radical (unpaired) electrons. The lowest BCUT2D eigenvalue weighted by Crippen LogP contribution is -2.34. The van der Waals surface area contributed by atoms with Crippen molar-refractivity contribution in [2.75, 3.05) is 0 Å². The number of sulfonamides is 1. The van der Waals surface area contributed by atoms with E-state index in [1.54, 1.807) is 0 Å². The van der Waals surface area contributed by atoms with E-state index in [9.17, 15) is 30.8 Å². The van der Waals surface area contributed by atoms with Gasteiger partial charge in [-0.15, -0.1) is 0 Å². The van der Waals surface area contributed by atoms with Gasteiger partial charge in [0.25, 0.3) is 10.0 Å². The summed E-state index contributed by atoms with van der Waals surface area (Å²) >= 11 is 0. The van der Waals surface area contributed by atoms with E-state index in [0.717, 1.165) is 23.1 Å². The molecule has 5 nitrogen and oxygen atoms in total. The third kappa shape index (κ3) is 3.40. The van der Waals surface area contributed by atoms with Gasteiger partial charge in [0.05, 0.1) is 0 Å². The molecular formula is C8H5F4NO4S. The van der Waals surface area contributed by atoms with E-state index in [-0.39, 0.29) is 0 Å². The lowest BCUT2D eigenvalue weighted by Gasteiger charge is -2.08. The van der Waals surface area contributed by atoms with Gasteiger partial charge < -0.3 is 4.84 Å². The Morgan fingerprint density at radius 3 is 2.28 bits per heavy atom. The van der Waals surface area contributed by atoms with Crippen LogP contribution < -0.4 is 4.89 Å². The Kier molecular flexibility index (Phi) is 3.92. The van der Waals surface area contributed by atoms with Crippen LogP contribution in [-0.4, -0.2) is 20.6 Å². The molecule has 18 heavy (non-hydrogen) atoms. The van der Waals surface area contributed by atoms with Gasteiger partial charge in [0.15, 0.2) is 0 Å². The SMILES string of the molecule is O=C(ONS(=O)(=O)c1ccccc1F)C(F)(F)F. The van der Waals surface area contributed by atoms with Gasteiger partial charge in [-0.05, 0) is 17.0 Å². The Hall–Kier alpha value is -1.68. The van der Waals surface area contributed by atoms with Crippen LogP contribution >= 0.6 is 0 Å². The van der Waals surface area contributed by atoms with Crippen molar-refractivity contribution < 1.29 is 35.6 Å². The highest BCUT2D eigenvalue weighted by molar-refractivity contribution is 7.89. The fourth-order valence-corrected chi connectivity index (χ4v) is 1.72. The van der Waals surface area contributed by atoms with Crippen LogP contribution in [0.4, 0.5) is 17.6 Å². The molecule has 1 rings (SSSR count). The molecule has 1 aromatic carbocycles. The number of carbonyl (C=O) groups excluding carboxylic acids is 1. The second-order valence-electron chi connectivity index (χ2n) is 2.90. The van der Waals surface area contributed by atoms with Gasteiger partial charge in [-0.2, -0.15) is 13.2 Å². The van der Waals surface area contributed by atoms with E-state index in [2.05, 4.69) is 4.84 Å². The molecule has 0 saturated carbocycles. The normalized spacial score (nSPS) is 12.2. The molecule has 1 aromatic rings. The zero-order chi connectivity index (χ0) is 14.0. The van der Waals surface area contributed by atoms with Crippen LogP contribution in [0.25, 0.3) is 0 Å². The summed E-state index contributed by atoms with van der Waals surface area (Å²) in [5.74, 6) is -3.96. The average Bonchev–Trinajstić information content (AvgIpc) is 2.25. The summed E-state index contributed by atoms with van der Waals surface area (Å²) in [4.78, 5) is 13.5. The first kappa shape index (κ1) is 14.4. The summed E-state index contributed by atoms with van der Waals surface area (Å²) < 4.78 is 70.8. The van der Waals surface area contributed by atoms with Crippen molar-refractivity contribution >= 4 is 16.0 Å². The van der Waals surface area contributed by atoms with E-state index in [1.807, 2.05) is 0 Å². The summed E-state index contributed by atoms with van der Waals surface area (Å²) in [6, 6.07) is 3.89. The summed E-state index contributed by atoms with van der Waals surface area (Å²) in [5, 5.41) is 0. The van der Waals surface area contributed by atoms with Gasteiger partial charge >= 0.3 is 12.1 Å². The molecular weight excluding hydrogens is 282 g/mol. The summed E-state index contributed by atoms with van der Waals surface area (Å²) in [6.07, 6.45) is -5.36. The molecule has 0 atom stereocenters. The predicted octanol–water partition coefficient (Wildman–Crippen LogP) is 1.12. The Labute approximate surface area is 98.4 Å². The number of hydrogen-bond acceptors (Lipinski definition) is 4. The third-order valence-corrected chi connectivity index (χ3v) is 2.81. The van der Waals surface area contributed by atoms with E-state index in [1.165, 1.54) is 6.07 Å². The molecule has 0 aliphatic rings. The Bertz CT molecular complexity index is 554. The van der Waals surface area contributed by atoms with E-state index < -0.39 is 32.9 Å². The molecule has 0 unspecified atom stereocenters. The maximum atomic E-state index is 13.1. The first-order valence-corrected chi connectivity index (χ1v) is 5.67. The number of halogens is 4. The van der Waals surface area contributed by atoms with Gasteiger partial charge in [-0.25, -0.2) is 17.6 Å². The zero-order valence-corrected chi connectivity index (χ0v) is 9.18.